The van der Waals surface area contributed by atoms with Gasteiger partial charge in [0.1, 0.15) is 5.75 Å². The number of aliphatic hydroxyl groups excluding tert-OH is 2. The Labute approximate surface area is 119 Å². The predicted octanol–water partition coefficient (Wildman–Crippen LogP) is -0.146. The van der Waals surface area contributed by atoms with Gasteiger partial charge in [0.2, 0.25) is 10.0 Å². The van der Waals surface area contributed by atoms with E-state index in [-0.39, 0.29) is 32.1 Å². The lowest BCUT2D eigenvalue weighted by Crippen LogP contribution is -2.37. The van der Waals surface area contributed by atoms with Crippen LogP contribution in [0.5, 0.6) is 5.75 Å². The van der Waals surface area contributed by atoms with E-state index >= 15 is 0 Å². The Balaban J connectivity index is 2.64. The summed E-state index contributed by atoms with van der Waals surface area (Å²) in [6.45, 7) is -0.513. The molecule has 0 radical (unpaired) electrons. The minimum absolute atomic E-state index is 0.00546. The molecule has 1 aromatic carbocycles. The molecule has 7 heteroatoms. The van der Waals surface area contributed by atoms with Crippen LogP contribution in [0.1, 0.15) is 5.56 Å². The third-order valence-electron chi connectivity index (χ3n) is 2.90. The average Bonchev–Trinajstić information content (AvgIpc) is 2.45. The lowest BCUT2D eigenvalue weighted by atomic mass is 10.2. The number of hydrogen-bond donors (Lipinski definition) is 2. The van der Waals surface area contributed by atoms with Crippen molar-refractivity contribution in [2.24, 2.45) is 0 Å². The second-order valence-corrected chi connectivity index (χ2v) is 6.35. The van der Waals surface area contributed by atoms with Crippen LogP contribution in [0.15, 0.2) is 24.3 Å². The summed E-state index contributed by atoms with van der Waals surface area (Å²) in [4.78, 5) is 0. The highest BCUT2D eigenvalue weighted by molar-refractivity contribution is 7.89. The molecule has 0 unspecified atom stereocenters. The zero-order valence-corrected chi connectivity index (χ0v) is 12.3. The van der Waals surface area contributed by atoms with Crippen LogP contribution in [-0.2, 0) is 16.4 Å². The summed E-state index contributed by atoms with van der Waals surface area (Å²) < 4.78 is 30.3. The van der Waals surface area contributed by atoms with Crippen LogP contribution in [0.2, 0.25) is 0 Å². The summed E-state index contributed by atoms with van der Waals surface area (Å²) in [7, 11) is -1.91. The van der Waals surface area contributed by atoms with Gasteiger partial charge in [0, 0.05) is 13.1 Å². The fourth-order valence-corrected chi connectivity index (χ4v) is 3.25. The smallest absolute Gasteiger partial charge is 0.214 e. The van der Waals surface area contributed by atoms with Crippen molar-refractivity contribution < 1.29 is 23.4 Å². The molecule has 0 atom stereocenters. The predicted molar refractivity (Wildman–Crippen MR) is 76.2 cm³/mol. The van der Waals surface area contributed by atoms with E-state index in [0.29, 0.717) is 6.42 Å². The van der Waals surface area contributed by atoms with Crippen LogP contribution in [0, 0.1) is 0 Å². The summed E-state index contributed by atoms with van der Waals surface area (Å²) in [5, 5.41) is 17.7. The van der Waals surface area contributed by atoms with Crippen molar-refractivity contribution in [3.8, 4) is 5.75 Å². The summed E-state index contributed by atoms with van der Waals surface area (Å²) in [6, 6.07) is 7.19. The van der Waals surface area contributed by atoms with Crippen LogP contribution in [0.25, 0.3) is 0 Å². The van der Waals surface area contributed by atoms with Crippen LogP contribution in [-0.4, -0.2) is 62.1 Å². The molecule has 0 fully saturated rings. The first-order valence-electron chi connectivity index (χ1n) is 6.36. The summed E-state index contributed by atoms with van der Waals surface area (Å²) >= 11 is 0. The Morgan fingerprint density at radius 1 is 1.10 bits per heavy atom. The van der Waals surface area contributed by atoms with Crippen molar-refractivity contribution in [2.75, 3.05) is 39.2 Å². The van der Waals surface area contributed by atoms with E-state index in [2.05, 4.69) is 0 Å². The van der Waals surface area contributed by atoms with Gasteiger partial charge in [-0.1, -0.05) is 12.1 Å². The summed E-state index contributed by atoms with van der Waals surface area (Å²) in [5.41, 5.74) is 0.891. The van der Waals surface area contributed by atoms with E-state index in [1.807, 2.05) is 12.1 Å². The van der Waals surface area contributed by atoms with Gasteiger partial charge in [-0.15, -0.1) is 0 Å². The van der Waals surface area contributed by atoms with Gasteiger partial charge in [-0.3, -0.25) is 0 Å². The van der Waals surface area contributed by atoms with E-state index in [0.717, 1.165) is 15.6 Å². The molecule has 0 bridgehead atoms. The van der Waals surface area contributed by atoms with Crippen molar-refractivity contribution in [1.82, 2.24) is 4.31 Å². The Kier molecular flexibility index (Phi) is 6.94. The van der Waals surface area contributed by atoms with Crippen molar-refractivity contribution in [1.29, 1.82) is 0 Å². The first kappa shape index (κ1) is 16.9. The highest BCUT2D eigenvalue weighted by atomic mass is 32.2. The van der Waals surface area contributed by atoms with Gasteiger partial charge in [0.25, 0.3) is 0 Å². The standard InChI is InChI=1S/C13H21NO5S/c1-19-13-4-2-12(3-5-13)6-11-20(17,18)14(7-9-15)8-10-16/h2-5,15-16H,6-11H2,1H3. The molecule has 1 aromatic rings. The normalized spacial score (nSPS) is 11.8. The zero-order valence-electron chi connectivity index (χ0n) is 11.5. The number of hydrogen-bond acceptors (Lipinski definition) is 5. The third-order valence-corrected chi connectivity index (χ3v) is 4.77. The molecule has 2 N–H and O–H groups in total. The molecule has 1 rings (SSSR count). The van der Waals surface area contributed by atoms with Gasteiger partial charge in [0.05, 0.1) is 26.1 Å². The molecule has 6 nitrogen and oxygen atoms in total. The summed E-state index contributed by atoms with van der Waals surface area (Å²) in [6.07, 6.45) is 0.375. The topological polar surface area (TPSA) is 87.1 Å². The van der Waals surface area contributed by atoms with Gasteiger partial charge in [-0.2, -0.15) is 4.31 Å². The van der Waals surface area contributed by atoms with Crippen molar-refractivity contribution in [3.05, 3.63) is 29.8 Å². The second kappa shape index (κ2) is 8.21. The molecule has 0 aliphatic rings. The van der Waals surface area contributed by atoms with Crippen LogP contribution in [0.3, 0.4) is 0 Å². The zero-order chi connectivity index (χ0) is 15.0. The Morgan fingerprint density at radius 3 is 2.10 bits per heavy atom. The second-order valence-electron chi connectivity index (χ2n) is 4.26. The lowest BCUT2D eigenvalue weighted by Gasteiger charge is -2.20. The SMILES string of the molecule is COc1ccc(CCS(=O)(=O)N(CCO)CCO)cc1. The van der Waals surface area contributed by atoms with E-state index in [1.54, 1.807) is 19.2 Å². The molecule has 0 aliphatic heterocycles. The molecule has 0 aliphatic carbocycles. The van der Waals surface area contributed by atoms with Crippen molar-refractivity contribution in [2.45, 2.75) is 6.42 Å². The fourth-order valence-electron chi connectivity index (χ4n) is 1.78. The van der Waals surface area contributed by atoms with E-state index in [1.165, 1.54) is 0 Å². The number of benzene rings is 1. The summed E-state index contributed by atoms with van der Waals surface area (Å²) in [5.74, 6) is 0.665. The number of rotatable bonds is 9. The third kappa shape index (κ3) is 5.09. The van der Waals surface area contributed by atoms with Gasteiger partial charge in [0.15, 0.2) is 0 Å². The minimum Gasteiger partial charge on any atom is -0.497 e. The monoisotopic (exact) mass is 303 g/mol. The molecule has 0 amide bonds. The van der Waals surface area contributed by atoms with Gasteiger partial charge < -0.3 is 14.9 Å². The maximum Gasteiger partial charge on any atom is 0.214 e. The van der Waals surface area contributed by atoms with Gasteiger partial charge >= 0.3 is 0 Å². The van der Waals surface area contributed by atoms with E-state index < -0.39 is 10.0 Å². The van der Waals surface area contributed by atoms with Crippen LogP contribution in [0.4, 0.5) is 0 Å². The lowest BCUT2D eigenvalue weighted by molar-refractivity contribution is 0.217. The molecule has 114 valence electrons. The number of sulfonamides is 1. The first-order chi connectivity index (χ1) is 9.53. The maximum absolute atomic E-state index is 12.1. The molecular formula is C13H21NO5S. The molecule has 0 aromatic heterocycles. The van der Waals surface area contributed by atoms with Crippen molar-refractivity contribution in [3.63, 3.8) is 0 Å². The number of aliphatic hydroxyl groups is 2. The Morgan fingerprint density at radius 2 is 1.65 bits per heavy atom. The Bertz CT molecular complexity index is 480. The largest absolute Gasteiger partial charge is 0.497 e. The molecule has 20 heavy (non-hydrogen) atoms. The maximum atomic E-state index is 12.1. The number of methoxy groups -OCH3 is 1. The van der Waals surface area contributed by atoms with Crippen molar-refractivity contribution >= 4 is 10.0 Å². The van der Waals surface area contributed by atoms with Crippen LogP contribution < -0.4 is 4.74 Å². The van der Waals surface area contributed by atoms with Gasteiger partial charge in [-0.25, -0.2) is 8.42 Å². The fraction of sp³-hybridized carbons (Fsp3) is 0.538. The highest BCUT2D eigenvalue weighted by Crippen LogP contribution is 2.13. The average molecular weight is 303 g/mol. The number of nitrogens with zero attached hydrogens (tertiary/aromatic N) is 1. The first-order valence-corrected chi connectivity index (χ1v) is 7.97. The quantitative estimate of drug-likeness (QED) is 0.663. The van der Waals surface area contributed by atoms with Crippen LogP contribution >= 0.6 is 0 Å². The molecular weight excluding hydrogens is 282 g/mol. The van der Waals surface area contributed by atoms with E-state index in [4.69, 9.17) is 14.9 Å². The number of ether oxygens (including phenoxy) is 1. The molecule has 0 heterocycles. The highest BCUT2D eigenvalue weighted by Gasteiger charge is 2.20. The molecule has 0 spiro atoms. The molecule has 0 saturated carbocycles. The minimum atomic E-state index is -3.48. The Hall–Kier alpha value is -1.15. The van der Waals surface area contributed by atoms with Gasteiger partial charge in [-0.05, 0) is 24.1 Å². The molecule has 0 saturated heterocycles. The van der Waals surface area contributed by atoms with E-state index in [9.17, 15) is 8.42 Å². The number of aryl methyl sites for hydroxylation is 1.